The van der Waals surface area contributed by atoms with Gasteiger partial charge in [0.05, 0.1) is 43.3 Å². The van der Waals surface area contributed by atoms with E-state index in [-0.39, 0.29) is 17.7 Å². The Morgan fingerprint density at radius 3 is 2.42 bits per heavy atom. The molecule has 2 heterocycles. The van der Waals surface area contributed by atoms with Crippen molar-refractivity contribution in [2.45, 2.75) is 13.3 Å². The second-order valence-corrected chi connectivity index (χ2v) is 6.43. The van der Waals surface area contributed by atoms with Crippen molar-refractivity contribution in [3.63, 3.8) is 0 Å². The summed E-state index contributed by atoms with van der Waals surface area (Å²) >= 11 is 0. The number of rotatable bonds is 7. The molecule has 3 rings (SSSR count). The summed E-state index contributed by atoms with van der Waals surface area (Å²) < 4.78 is 11.2. The number of hydrogen-bond acceptors (Lipinski definition) is 7. The van der Waals surface area contributed by atoms with Crippen molar-refractivity contribution < 1.29 is 19.1 Å². The number of aromatic amines is 1. The highest BCUT2D eigenvalue weighted by Crippen LogP contribution is 2.15. The van der Waals surface area contributed by atoms with Crippen molar-refractivity contribution in [1.82, 2.24) is 20.2 Å². The first-order chi connectivity index (χ1) is 14.9. The fourth-order valence-corrected chi connectivity index (χ4v) is 2.87. The lowest BCUT2D eigenvalue weighted by Gasteiger charge is -2.03. The van der Waals surface area contributed by atoms with Crippen molar-refractivity contribution in [3.05, 3.63) is 76.0 Å². The molecule has 0 aliphatic heterocycles. The number of pyridine rings is 1. The maximum absolute atomic E-state index is 13.1. The van der Waals surface area contributed by atoms with Crippen molar-refractivity contribution >= 4 is 17.6 Å². The van der Waals surface area contributed by atoms with Crippen molar-refractivity contribution in [2.75, 3.05) is 14.2 Å². The number of ether oxygens (including phenoxy) is 2. The SMILES string of the molecule is COC(=O)Cc1[nH]n(-c2ccc(OC)cc2)c(=O)c1C(C)=NNC(=O)c1ccncc1. The lowest BCUT2D eigenvalue weighted by molar-refractivity contribution is -0.139. The van der Waals surface area contributed by atoms with Gasteiger partial charge in [-0.2, -0.15) is 5.10 Å². The molecule has 31 heavy (non-hydrogen) atoms. The Kier molecular flexibility index (Phi) is 6.61. The zero-order valence-corrected chi connectivity index (χ0v) is 17.2. The molecular formula is C21H21N5O5. The van der Waals surface area contributed by atoms with Crippen LogP contribution in [-0.4, -0.2) is 46.6 Å². The summed E-state index contributed by atoms with van der Waals surface area (Å²) in [6, 6.07) is 9.88. The maximum atomic E-state index is 13.1. The van der Waals surface area contributed by atoms with Gasteiger partial charge in [0.25, 0.3) is 11.5 Å². The van der Waals surface area contributed by atoms with Crippen LogP contribution in [0.2, 0.25) is 0 Å². The summed E-state index contributed by atoms with van der Waals surface area (Å²) in [4.78, 5) is 41.1. The number of nitrogens with one attached hydrogen (secondary N) is 2. The monoisotopic (exact) mass is 423 g/mol. The number of methoxy groups -OCH3 is 2. The molecule has 0 fully saturated rings. The first-order valence-corrected chi connectivity index (χ1v) is 9.24. The Morgan fingerprint density at radius 1 is 1.13 bits per heavy atom. The summed E-state index contributed by atoms with van der Waals surface area (Å²) in [5.74, 6) is -0.352. The Hall–Kier alpha value is -4.21. The van der Waals surface area contributed by atoms with E-state index in [9.17, 15) is 14.4 Å². The van der Waals surface area contributed by atoms with Crippen LogP contribution < -0.4 is 15.7 Å². The minimum atomic E-state index is -0.530. The molecule has 0 aliphatic carbocycles. The van der Waals surface area contributed by atoms with Gasteiger partial charge in [-0.05, 0) is 43.3 Å². The standard InChI is InChI=1S/C21H21N5O5/c1-13(23-24-20(28)14-8-10-22-11-9-14)19-17(12-18(27)31-3)25-26(21(19)29)15-4-6-16(30-2)7-5-15/h4-11,25H,12H2,1-3H3,(H,24,28). The number of H-pyrrole nitrogens is 1. The highest BCUT2D eigenvalue weighted by atomic mass is 16.5. The van der Waals surface area contributed by atoms with Gasteiger partial charge in [0.15, 0.2) is 0 Å². The predicted molar refractivity (Wildman–Crippen MR) is 113 cm³/mol. The molecule has 10 heteroatoms. The number of amides is 1. The minimum absolute atomic E-state index is 0.163. The number of hydrazone groups is 1. The van der Waals surface area contributed by atoms with Gasteiger partial charge in [0.1, 0.15) is 5.75 Å². The molecular weight excluding hydrogens is 402 g/mol. The lowest BCUT2D eigenvalue weighted by atomic mass is 10.1. The smallest absolute Gasteiger partial charge is 0.311 e. The van der Waals surface area contributed by atoms with E-state index in [0.29, 0.717) is 22.7 Å². The van der Waals surface area contributed by atoms with E-state index in [0.717, 1.165) is 0 Å². The summed E-state index contributed by atoms with van der Waals surface area (Å²) in [6.45, 7) is 1.57. The third-order valence-electron chi connectivity index (χ3n) is 4.47. The normalized spacial score (nSPS) is 11.1. The average Bonchev–Trinajstić information content (AvgIpc) is 3.13. The van der Waals surface area contributed by atoms with Crippen LogP contribution in [0.1, 0.15) is 28.5 Å². The molecule has 160 valence electrons. The van der Waals surface area contributed by atoms with Crippen molar-refractivity contribution in [2.24, 2.45) is 5.10 Å². The minimum Gasteiger partial charge on any atom is -0.497 e. The second kappa shape index (κ2) is 9.53. The molecule has 2 N–H and O–H groups in total. The Morgan fingerprint density at radius 2 is 1.81 bits per heavy atom. The van der Waals surface area contributed by atoms with Gasteiger partial charge in [-0.3, -0.25) is 24.5 Å². The maximum Gasteiger partial charge on any atom is 0.311 e. The summed E-state index contributed by atoms with van der Waals surface area (Å²) in [5.41, 5.74) is 3.59. The topological polar surface area (TPSA) is 128 Å². The van der Waals surface area contributed by atoms with E-state index in [2.05, 4.69) is 20.6 Å². The summed E-state index contributed by atoms with van der Waals surface area (Å²) in [6.07, 6.45) is 2.80. The Balaban J connectivity index is 1.98. The van der Waals surface area contributed by atoms with Crippen LogP contribution >= 0.6 is 0 Å². The highest BCUT2D eigenvalue weighted by Gasteiger charge is 2.21. The van der Waals surface area contributed by atoms with E-state index in [1.165, 1.54) is 36.3 Å². The number of aromatic nitrogens is 3. The van der Waals surface area contributed by atoms with Gasteiger partial charge < -0.3 is 9.47 Å². The van der Waals surface area contributed by atoms with Crippen LogP contribution in [0.4, 0.5) is 0 Å². The number of carbonyl (C=O) groups excluding carboxylic acids is 2. The Labute approximate surface area is 177 Å². The van der Waals surface area contributed by atoms with E-state index in [1.54, 1.807) is 38.3 Å². The molecule has 0 spiro atoms. The number of benzene rings is 1. The fraction of sp³-hybridized carbons (Fsp3) is 0.190. The second-order valence-electron chi connectivity index (χ2n) is 6.43. The molecule has 0 unspecified atom stereocenters. The summed E-state index contributed by atoms with van der Waals surface area (Å²) in [5, 5.41) is 6.98. The average molecular weight is 423 g/mol. The van der Waals surface area contributed by atoms with Crippen molar-refractivity contribution in [3.8, 4) is 11.4 Å². The van der Waals surface area contributed by atoms with Crippen LogP contribution in [0.3, 0.4) is 0 Å². The highest BCUT2D eigenvalue weighted by molar-refractivity contribution is 6.02. The first kappa shape index (κ1) is 21.5. The van der Waals surface area contributed by atoms with Crippen LogP contribution in [0, 0.1) is 0 Å². The van der Waals surface area contributed by atoms with Crippen LogP contribution in [-0.2, 0) is 16.0 Å². The molecule has 0 radical (unpaired) electrons. The number of hydrogen-bond donors (Lipinski definition) is 2. The molecule has 3 aromatic rings. The van der Waals surface area contributed by atoms with E-state index >= 15 is 0 Å². The number of nitrogens with zero attached hydrogens (tertiary/aromatic N) is 3. The predicted octanol–water partition coefficient (Wildman–Crippen LogP) is 1.44. The number of esters is 1. The zero-order chi connectivity index (χ0) is 22.4. The molecule has 0 saturated heterocycles. The third kappa shape index (κ3) is 4.86. The Bertz CT molecular complexity index is 1160. The van der Waals surface area contributed by atoms with Crippen LogP contribution in [0.15, 0.2) is 58.7 Å². The molecule has 0 saturated carbocycles. The van der Waals surface area contributed by atoms with Gasteiger partial charge in [0.2, 0.25) is 0 Å². The molecule has 1 amide bonds. The van der Waals surface area contributed by atoms with Crippen molar-refractivity contribution in [1.29, 1.82) is 0 Å². The van der Waals surface area contributed by atoms with Crippen LogP contribution in [0.25, 0.3) is 5.69 Å². The summed E-state index contributed by atoms with van der Waals surface area (Å²) in [7, 11) is 2.80. The van der Waals surface area contributed by atoms with Gasteiger partial charge in [0, 0.05) is 18.0 Å². The fourth-order valence-electron chi connectivity index (χ4n) is 2.87. The molecule has 1 aromatic carbocycles. The van der Waals surface area contributed by atoms with Gasteiger partial charge >= 0.3 is 5.97 Å². The molecule has 0 bridgehead atoms. The quantitative estimate of drug-likeness (QED) is 0.336. The van der Waals surface area contributed by atoms with E-state index in [1.807, 2.05) is 0 Å². The molecule has 0 atom stereocenters. The van der Waals surface area contributed by atoms with E-state index < -0.39 is 17.4 Å². The third-order valence-corrected chi connectivity index (χ3v) is 4.47. The number of carbonyl (C=O) groups is 2. The van der Waals surface area contributed by atoms with Gasteiger partial charge in [-0.1, -0.05) is 0 Å². The van der Waals surface area contributed by atoms with E-state index in [4.69, 9.17) is 9.47 Å². The molecule has 0 aliphatic rings. The zero-order valence-electron chi connectivity index (χ0n) is 17.2. The lowest BCUT2D eigenvalue weighted by Crippen LogP contribution is -2.24. The van der Waals surface area contributed by atoms with Gasteiger partial charge in [-0.15, -0.1) is 0 Å². The molecule has 10 nitrogen and oxygen atoms in total. The van der Waals surface area contributed by atoms with Crippen LogP contribution in [0.5, 0.6) is 5.75 Å². The first-order valence-electron chi connectivity index (χ1n) is 9.24. The van der Waals surface area contributed by atoms with Gasteiger partial charge in [-0.25, -0.2) is 10.1 Å². The largest absolute Gasteiger partial charge is 0.497 e. The molecule has 2 aromatic heterocycles.